The van der Waals surface area contributed by atoms with Gasteiger partial charge in [-0.25, -0.2) is 13.2 Å². The van der Waals surface area contributed by atoms with E-state index >= 15 is 0 Å². The van der Waals surface area contributed by atoms with E-state index in [-0.39, 0.29) is 36.0 Å². The van der Waals surface area contributed by atoms with E-state index in [1.165, 1.54) is 0 Å². The van der Waals surface area contributed by atoms with E-state index in [0.717, 1.165) is 22.5 Å². The maximum absolute atomic E-state index is 13.5. The Balaban J connectivity index is 1.74. The summed E-state index contributed by atoms with van der Waals surface area (Å²) in [5.41, 5.74) is 2.57. The Hall–Kier alpha value is -2.97. The Labute approximate surface area is 191 Å². The molecule has 166 valence electrons. The van der Waals surface area contributed by atoms with Gasteiger partial charge in [-0.3, -0.25) is 4.79 Å². The molecule has 1 N–H and O–H groups in total. The average Bonchev–Trinajstić information content (AvgIpc) is 3.11. The van der Waals surface area contributed by atoms with Crippen molar-refractivity contribution in [2.24, 2.45) is 0 Å². The summed E-state index contributed by atoms with van der Waals surface area (Å²) in [7, 11) is -3.22. The first-order valence-corrected chi connectivity index (χ1v) is 13.0. The zero-order chi connectivity index (χ0) is 22.7. The fourth-order valence-corrected chi connectivity index (χ4v) is 6.94. The van der Waals surface area contributed by atoms with E-state index in [0.29, 0.717) is 15.4 Å². The Morgan fingerprint density at radius 3 is 2.19 bits per heavy atom. The third-order valence-electron chi connectivity index (χ3n) is 5.35. The number of benzene rings is 2. The monoisotopic (exact) mass is 469 g/mol. The van der Waals surface area contributed by atoms with Gasteiger partial charge in [0.25, 0.3) is 0 Å². The first-order chi connectivity index (χ1) is 15.4. The molecule has 32 heavy (non-hydrogen) atoms. The molecule has 6 nitrogen and oxygen atoms in total. The Morgan fingerprint density at radius 2 is 1.62 bits per heavy atom. The SMILES string of the molecule is CCOC(=O)c1c(NC(=O)C(c2ccccc2)c2ccccc2)sc2c1CCS(=O)(=O)C2. The summed E-state index contributed by atoms with van der Waals surface area (Å²) < 4.78 is 29.5. The van der Waals surface area contributed by atoms with Gasteiger partial charge in [0.1, 0.15) is 5.00 Å². The predicted molar refractivity (Wildman–Crippen MR) is 125 cm³/mol. The summed E-state index contributed by atoms with van der Waals surface area (Å²) in [6.07, 6.45) is 0.235. The second kappa shape index (κ2) is 9.26. The number of hydrogen-bond acceptors (Lipinski definition) is 6. The Kier molecular flexibility index (Phi) is 6.43. The fourth-order valence-electron chi connectivity index (χ4n) is 3.90. The number of sulfone groups is 1. The predicted octanol–water partition coefficient (Wildman–Crippen LogP) is 4.17. The molecular formula is C24H23NO5S2. The van der Waals surface area contributed by atoms with Crippen LogP contribution in [0.5, 0.6) is 0 Å². The normalized spacial score (nSPS) is 14.6. The lowest BCUT2D eigenvalue weighted by molar-refractivity contribution is -0.116. The zero-order valence-electron chi connectivity index (χ0n) is 17.5. The van der Waals surface area contributed by atoms with Gasteiger partial charge in [-0.1, -0.05) is 60.7 Å². The molecule has 1 aromatic heterocycles. The van der Waals surface area contributed by atoms with E-state index in [4.69, 9.17) is 4.74 Å². The van der Waals surface area contributed by atoms with Gasteiger partial charge in [0.2, 0.25) is 5.91 Å². The van der Waals surface area contributed by atoms with Crippen molar-refractivity contribution in [3.8, 4) is 0 Å². The minimum Gasteiger partial charge on any atom is -0.462 e. The number of nitrogens with one attached hydrogen (secondary N) is 1. The van der Waals surface area contributed by atoms with E-state index in [2.05, 4.69) is 5.32 Å². The molecule has 0 saturated carbocycles. The molecule has 4 rings (SSSR count). The average molecular weight is 470 g/mol. The first-order valence-electron chi connectivity index (χ1n) is 10.3. The number of hydrogen-bond donors (Lipinski definition) is 1. The van der Waals surface area contributed by atoms with Gasteiger partial charge >= 0.3 is 5.97 Å². The van der Waals surface area contributed by atoms with Crippen LogP contribution in [-0.4, -0.2) is 32.7 Å². The van der Waals surface area contributed by atoms with Crippen LogP contribution in [0.25, 0.3) is 0 Å². The quantitative estimate of drug-likeness (QED) is 0.548. The molecule has 0 atom stereocenters. The summed E-state index contributed by atoms with van der Waals surface area (Å²) in [5.74, 6) is -1.58. The van der Waals surface area contributed by atoms with Gasteiger partial charge < -0.3 is 10.1 Å². The molecule has 0 bridgehead atoms. The lowest BCUT2D eigenvalue weighted by Gasteiger charge is -2.18. The van der Waals surface area contributed by atoms with Crippen molar-refractivity contribution < 1.29 is 22.7 Å². The standard InChI is InChI=1S/C24H23NO5S2/c1-2-30-24(27)21-18-13-14-32(28,29)15-19(18)31-23(21)25-22(26)20(16-9-5-3-6-10-16)17-11-7-4-8-12-17/h3-12,20H,2,13-15H2,1H3,(H,25,26). The van der Waals surface area contributed by atoms with E-state index in [1.807, 2.05) is 60.7 Å². The largest absolute Gasteiger partial charge is 0.462 e. The van der Waals surface area contributed by atoms with Gasteiger partial charge in [0.15, 0.2) is 9.84 Å². The van der Waals surface area contributed by atoms with Gasteiger partial charge in [-0.2, -0.15) is 0 Å². The van der Waals surface area contributed by atoms with Crippen LogP contribution < -0.4 is 5.32 Å². The van der Waals surface area contributed by atoms with Gasteiger partial charge in [0, 0.05) is 4.88 Å². The van der Waals surface area contributed by atoms with Crippen molar-refractivity contribution in [3.63, 3.8) is 0 Å². The number of rotatable bonds is 6. The topological polar surface area (TPSA) is 89.5 Å². The maximum Gasteiger partial charge on any atom is 0.341 e. The van der Waals surface area contributed by atoms with Crippen molar-refractivity contribution in [1.29, 1.82) is 0 Å². The second-order valence-electron chi connectivity index (χ2n) is 7.51. The molecule has 1 amide bonds. The minimum atomic E-state index is -3.22. The lowest BCUT2D eigenvalue weighted by atomic mass is 9.90. The minimum absolute atomic E-state index is 0.0207. The molecule has 0 radical (unpaired) electrons. The molecule has 0 fully saturated rings. The van der Waals surface area contributed by atoms with E-state index in [1.54, 1.807) is 6.92 Å². The van der Waals surface area contributed by atoms with Crippen molar-refractivity contribution in [1.82, 2.24) is 0 Å². The molecule has 0 saturated heterocycles. The molecule has 1 aliphatic heterocycles. The molecule has 1 aliphatic rings. The van der Waals surface area contributed by atoms with Crippen molar-refractivity contribution in [2.75, 3.05) is 17.7 Å². The third kappa shape index (κ3) is 4.61. The van der Waals surface area contributed by atoms with Crippen molar-refractivity contribution >= 4 is 38.1 Å². The fraction of sp³-hybridized carbons (Fsp3) is 0.250. The van der Waals surface area contributed by atoms with E-state index < -0.39 is 21.7 Å². The summed E-state index contributed by atoms with van der Waals surface area (Å²) in [6.45, 7) is 1.89. The molecule has 0 unspecified atom stereocenters. The molecule has 8 heteroatoms. The number of ether oxygens (including phenoxy) is 1. The first kappa shape index (κ1) is 22.2. The number of fused-ring (bicyclic) bond motifs is 1. The molecular weight excluding hydrogens is 446 g/mol. The van der Waals surface area contributed by atoms with Crippen LogP contribution in [0.1, 0.15) is 44.8 Å². The molecule has 0 spiro atoms. The summed E-state index contributed by atoms with van der Waals surface area (Å²) >= 11 is 1.14. The van der Waals surface area contributed by atoms with Crippen LogP contribution in [0.3, 0.4) is 0 Å². The van der Waals surface area contributed by atoms with Crippen molar-refractivity contribution in [2.45, 2.75) is 25.0 Å². The number of anilines is 1. The molecule has 0 aliphatic carbocycles. The van der Waals surface area contributed by atoms with Crippen molar-refractivity contribution in [3.05, 3.63) is 87.8 Å². The molecule has 2 heterocycles. The van der Waals surface area contributed by atoms with Crippen LogP contribution in [0.15, 0.2) is 60.7 Å². The summed E-state index contributed by atoms with van der Waals surface area (Å²) in [5, 5.41) is 3.26. The van der Waals surface area contributed by atoms with Crippen LogP contribution >= 0.6 is 11.3 Å². The number of carbonyl (C=O) groups excluding carboxylic acids is 2. The number of amides is 1. The number of esters is 1. The van der Waals surface area contributed by atoms with Crippen LogP contribution in [-0.2, 0) is 31.5 Å². The van der Waals surface area contributed by atoms with Crippen LogP contribution in [0.2, 0.25) is 0 Å². The Bertz CT molecular complexity index is 1190. The van der Waals surface area contributed by atoms with Gasteiger partial charge in [-0.15, -0.1) is 11.3 Å². The van der Waals surface area contributed by atoms with Gasteiger partial charge in [0.05, 0.1) is 29.6 Å². The third-order valence-corrected chi connectivity index (χ3v) is 8.23. The zero-order valence-corrected chi connectivity index (χ0v) is 19.2. The highest BCUT2D eigenvalue weighted by atomic mass is 32.2. The summed E-state index contributed by atoms with van der Waals surface area (Å²) in [6, 6.07) is 18.8. The smallest absolute Gasteiger partial charge is 0.341 e. The highest BCUT2D eigenvalue weighted by molar-refractivity contribution is 7.90. The summed E-state index contributed by atoms with van der Waals surface area (Å²) in [4.78, 5) is 26.8. The molecule has 3 aromatic rings. The highest BCUT2D eigenvalue weighted by Crippen LogP contribution is 2.39. The lowest BCUT2D eigenvalue weighted by Crippen LogP contribution is -2.23. The van der Waals surface area contributed by atoms with Gasteiger partial charge in [-0.05, 0) is 30.0 Å². The number of thiophene rings is 1. The Morgan fingerprint density at radius 1 is 1.03 bits per heavy atom. The molecule has 2 aromatic carbocycles. The van der Waals surface area contributed by atoms with Crippen LogP contribution in [0, 0.1) is 0 Å². The number of carbonyl (C=O) groups is 2. The second-order valence-corrected chi connectivity index (χ2v) is 10.8. The van der Waals surface area contributed by atoms with E-state index in [9.17, 15) is 18.0 Å². The van der Waals surface area contributed by atoms with Crippen LogP contribution in [0.4, 0.5) is 5.00 Å². The highest BCUT2D eigenvalue weighted by Gasteiger charge is 2.33. The maximum atomic E-state index is 13.5.